The summed E-state index contributed by atoms with van der Waals surface area (Å²) in [5, 5.41) is 2.65. The van der Waals surface area contributed by atoms with E-state index in [0.29, 0.717) is 17.9 Å². The van der Waals surface area contributed by atoms with Crippen LogP contribution in [0.15, 0.2) is 71.4 Å². The first kappa shape index (κ1) is 17.5. The molecule has 1 aliphatic rings. The van der Waals surface area contributed by atoms with Gasteiger partial charge in [0, 0.05) is 5.70 Å². The van der Waals surface area contributed by atoms with E-state index in [1.165, 1.54) is 7.11 Å². The number of rotatable bonds is 5. The van der Waals surface area contributed by atoms with Crippen LogP contribution in [0.4, 0.5) is 0 Å². The molecule has 0 bridgehead atoms. The molecule has 1 aliphatic heterocycles. The van der Waals surface area contributed by atoms with Crippen LogP contribution >= 0.6 is 0 Å². The number of esters is 1. The number of allylic oxidation sites excluding steroid dienone is 1. The van der Waals surface area contributed by atoms with Gasteiger partial charge in [-0.3, -0.25) is 4.79 Å². The molecule has 0 aromatic heterocycles. The summed E-state index contributed by atoms with van der Waals surface area (Å²) in [7, 11) is 1.29. The van der Waals surface area contributed by atoms with Gasteiger partial charge in [-0.15, -0.1) is 0 Å². The Morgan fingerprint density at radius 2 is 1.77 bits per heavy atom. The summed E-state index contributed by atoms with van der Waals surface area (Å²) in [6.07, 6.45) is 1.67. The van der Waals surface area contributed by atoms with Crippen molar-refractivity contribution in [1.29, 1.82) is 0 Å². The van der Waals surface area contributed by atoms with Gasteiger partial charge in [-0.05, 0) is 36.3 Å². The molecule has 0 unspecified atom stereocenters. The Balaban J connectivity index is 1.75. The van der Waals surface area contributed by atoms with Gasteiger partial charge in [0.05, 0.1) is 18.3 Å². The second-order valence-corrected chi connectivity index (χ2v) is 5.85. The SMILES string of the molecule is COC(=O)C1=C(C)NC(=O)C1=Cc1ccc(OCc2ccccc2)cc1. The van der Waals surface area contributed by atoms with Crippen LogP contribution in [0.3, 0.4) is 0 Å². The molecule has 0 fully saturated rings. The van der Waals surface area contributed by atoms with Crippen molar-refractivity contribution in [3.8, 4) is 5.75 Å². The largest absolute Gasteiger partial charge is 0.489 e. The zero-order chi connectivity index (χ0) is 18.5. The van der Waals surface area contributed by atoms with Crippen LogP contribution in [0, 0.1) is 0 Å². The molecule has 0 aliphatic carbocycles. The van der Waals surface area contributed by atoms with Crippen LogP contribution in [0.25, 0.3) is 6.08 Å². The first-order valence-electron chi connectivity index (χ1n) is 8.18. The van der Waals surface area contributed by atoms with E-state index in [4.69, 9.17) is 9.47 Å². The molecule has 5 nitrogen and oxygen atoms in total. The van der Waals surface area contributed by atoms with Gasteiger partial charge in [-0.1, -0.05) is 42.5 Å². The van der Waals surface area contributed by atoms with Crippen LogP contribution in [0.5, 0.6) is 5.75 Å². The Morgan fingerprint density at radius 3 is 2.42 bits per heavy atom. The summed E-state index contributed by atoms with van der Waals surface area (Å²) in [6, 6.07) is 17.2. The molecular weight excluding hydrogens is 330 g/mol. The van der Waals surface area contributed by atoms with E-state index >= 15 is 0 Å². The van der Waals surface area contributed by atoms with E-state index in [2.05, 4.69) is 5.32 Å². The Labute approximate surface area is 151 Å². The molecule has 2 aromatic carbocycles. The van der Waals surface area contributed by atoms with Gasteiger partial charge in [0.25, 0.3) is 5.91 Å². The summed E-state index contributed by atoms with van der Waals surface area (Å²) in [6.45, 7) is 2.16. The normalized spacial score (nSPS) is 15.2. The molecule has 5 heteroatoms. The van der Waals surface area contributed by atoms with Crippen molar-refractivity contribution in [3.63, 3.8) is 0 Å². The molecule has 0 saturated carbocycles. The highest BCUT2D eigenvalue weighted by atomic mass is 16.5. The van der Waals surface area contributed by atoms with Crippen LogP contribution in [0.2, 0.25) is 0 Å². The maximum absolute atomic E-state index is 12.1. The highest BCUT2D eigenvalue weighted by Crippen LogP contribution is 2.25. The van der Waals surface area contributed by atoms with Crippen LogP contribution in [0.1, 0.15) is 18.1 Å². The third-order valence-electron chi connectivity index (χ3n) is 4.02. The number of amides is 1. The molecule has 132 valence electrons. The molecule has 1 N–H and O–H groups in total. The van der Waals surface area contributed by atoms with Crippen molar-refractivity contribution in [2.45, 2.75) is 13.5 Å². The first-order valence-corrected chi connectivity index (χ1v) is 8.18. The van der Waals surface area contributed by atoms with E-state index in [-0.39, 0.29) is 11.5 Å². The maximum Gasteiger partial charge on any atom is 0.340 e. The Bertz CT molecular complexity index is 880. The average Bonchev–Trinajstić information content (AvgIpc) is 2.94. The van der Waals surface area contributed by atoms with Gasteiger partial charge in [0.2, 0.25) is 0 Å². The summed E-state index contributed by atoms with van der Waals surface area (Å²) in [4.78, 5) is 24.0. The van der Waals surface area contributed by atoms with Crippen molar-refractivity contribution in [2.24, 2.45) is 0 Å². The van der Waals surface area contributed by atoms with Crippen molar-refractivity contribution in [1.82, 2.24) is 5.32 Å². The minimum absolute atomic E-state index is 0.266. The van der Waals surface area contributed by atoms with Gasteiger partial charge >= 0.3 is 5.97 Å². The first-order chi connectivity index (χ1) is 12.6. The fourth-order valence-corrected chi connectivity index (χ4v) is 2.69. The molecule has 0 atom stereocenters. The highest BCUT2D eigenvalue weighted by Gasteiger charge is 2.30. The predicted octanol–water partition coefficient (Wildman–Crippen LogP) is 3.23. The summed E-state index contributed by atoms with van der Waals surface area (Å²) in [5.74, 6) is -0.117. The number of hydrogen-bond donors (Lipinski definition) is 1. The Hall–Kier alpha value is -3.34. The standard InChI is InChI=1S/C21H19NO4/c1-14-19(21(24)25-2)18(20(23)22-14)12-15-8-10-17(11-9-15)26-13-16-6-4-3-5-7-16/h3-12H,13H2,1-2H3,(H,22,23). The number of carbonyl (C=O) groups excluding carboxylic acids is 2. The van der Waals surface area contributed by atoms with Crippen LogP contribution in [-0.4, -0.2) is 19.0 Å². The van der Waals surface area contributed by atoms with Crippen molar-refractivity contribution in [3.05, 3.63) is 82.6 Å². The molecule has 1 heterocycles. The fraction of sp³-hybridized carbons (Fsp3) is 0.143. The van der Waals surface area contributed by atoms with Crippen LogP contribution in [-0.2, 0) is 20.9 Å². The summed E-state index contributed by atoms with van der Waals surface area (Å²) in [5.41, 5.74) is 2.94. The second-order valence-electron chi connectivity index (χ2n) is 5.85. The third kappa shape index (κ3) is 3.83. The lowest BCUT2D eigenvalue weighted by molar-refractivity contribution is -0.136. The number of carbonyl (C=O) groups is 2. The van der Waals surface area contributed by atoms with Crippen molar-refractivity contribution >= 4 is 18.0 Å². The fourth-order valence-electron chi connectivity index (χ4n) is 2.69. The predicted molar refractivity (Wildman–Crippen MR) is 98.1 cm³/mol. The van der Waals surface area contributed by atoms with Gasteiger partial charge < -0.3 is 14.8 Å². The Morgan fingerprint density at radius 1 is 1.08 bits per heavy atom. The van der Waals surface area contributed by atoms with Gasteiger partial charge in [-0.25, -0.2) is 4.79 Å². The minimum Gasteiger partial charge on any atom is -0.489 e. The lowest BCUT2D eigenvalue weighted by atomic mass is 10.0. The molecule has 0 saturated heterocycles. The third-order valence-corrected chi connectivity index (χ3v) is 4.02. The molecule has 26 heavy (non-hydrogen) atoms. The lowest BCUT2D eigenvalue weighted by Gasteiger charge is -2.07. The summed E-state index contributed by atoms with van der Waals surface area (Å²) < 4.78 is 10.5. The summed E-state index contributed by atoms with van der Waals surface area (Å²) >= 11 is 0. The number of ether oxygens (including phenoxy) is 2. The quantitative estimate of drug-likeness (QED) is 0.665. The zero-order valence-corrected chi connectivity index (χ0v) is 14.6. The van der Waals surface area contributed by atoms with Crippen LogP contribution < -0.4 is 10.1 Å². The van der Waals surface area contributed by atoms with E-state index in [9.17, 15) is 9.59 Å². The second kappa shape index (κ2) is 7.70. The number of methoxy groups -OCH3 is 1. The highest BCUT2D eigenvalue weighted by molar-refractivity contribution is 6.16. The topological polar surface area (TPSA) is 64.6 Å². The zero-order valence-electron chi connectivity index (χ0n) is 14.6. The van der Waals surface area contributed by atoms with E-state index in [1.54, 1.807) is 13.0 Å². The lowest BCUT2D eigenvalue weighted by Crippen LogP contribution is -2.15. The van der Waals surface area contributed by atoms with E-state index < -0.39 is 5.97 Å². The van der Waals surface area contributed by atoms with Gasteiger partial charge in [0.1, 0.15) is 12.4 Å². The minimum atomic E-state index is -0.532. The van der Waals surface area contributed by atoms with E-state index in [0.717, 1.165) is 16.9 Å². The molecule has 3 rings (SSSR count). The number of nitrogens with one attached hydrogen (secondary N) is 1. The monoisotopic (exact) mass is 349 g/mol. The van der Waals surface area contributed by atoms with E-state index in [1.807, 2.05) is 54.6 Å². The Kier molecular flexibility index (Phi) is 5.17. The number of benzene rings is 2. The van der Waals surface area contributed by atoms with Crippen molar-refractivity contribution < 1.29 is 19.1 Å². The van der Waals surface area contributed by atoms with Crippen molar-refractivity contribution in [2.75, 3.05) is 7.11 Å². The molecule has 1 amide bonds. The molecule has 0 radical (unpaired) electrons. The average molecular weight is 349 g/mol. The van der Waals surface area contributed by atoms with Gasteiger partial charge in [0.15, 0.2) is 0 Å². The smallest absolute Gasteiger partial charge is 0.340 e. The molecule has 0 spiro atoms. The number of hydrogen-bond acceptors (Lipinski definition) is 4. The molecule has 2 aromatic rings. The molecular formula is C21H19NO4. The maximum atomic E-state index is 12.1. The van der Waals surface area contributed by atoms with Gasteiger partial charge in [-0.2, -0.15) is 0 Å².